The maximum atomic E-state index is 12.2. The molecule has 2 N–H and O–H groups in total. The van der Waals surface area contributed by atoms with Crippen LogP contribution in [-0.2, 0) is 10.5 Å². The van der Waals surface area contributed by atoms with Gasteiger partial charge in [-0.2, -0.15) is 0 Å². The number of thioether (sulfide) groups is 1. The van der Waals surface area contributed by atoms with Crippen molar-refractivity contribution in [2.45, 2.75) is 17.9 Å². The molecular weight excluding hydrogens is 314 g/mol. The Kier molecular flexibility index (Phi) is 5.65. The van der Waals surface area contributed by atoms with E-state index < -0.39 is 11.7 Å². The van der Waals surface area contributed by atoms with Gasteiger partial charge in [-0.1, -0.05) is 42.5 Å². The maximum absolute atomic E-state index is 12.2. The molecule has 0 saturated heterocycles. The van der Waals surface area contributed by atoms with E-state index in [1.807, 2.05) is 30.3 Å². The second-order valence-corrected chi connectivity index (χ2v) is 6.27. The molecule has 0 bridgehead atoms. The van der Waals surface area contributed by atoms with Gasteiger partial charge in [-0.3, -0.25) is 4.79 Å². The first kappa shape index (κ1) is 16.9. The fourth-order valence-electron chi connectivity index (χ4n) is 1.91. The summed E-state index contributed by atoms with van der Waals surface area (Å²) in [7, 11) is 0. The molecule has 1 atom stereocenters. The van der Waals surface area contributed by atoms with Crippen molar-refractivity contribution in [3.8, 4) is 5.75 Å². The van der Waals surface area contributed by atoms with E-state index in [0.717, 1.165) is 11.6 Å². The van der Waals surface area contributed by atoms with Gasteiger partial charge in [-0.15, -0.1) is 17.5 Å². The molecule has 1 amide bonds. The molecule has 2 aromatic rings. The van der Waals surface area contributed by atoms with Crippen LogP contribution in [0.3, 0.4) is 0 Å². The number of carbonyl (C=O) groups is 2. The number of carbonyl (C=O) groups excluding carboxylic acids is 1. The van der Waals surface area contributed by atoms with Gasteiger partial charge < -0.3 is 15.5 Å². The molecule has 6 heteroatoms. The van der Waals surface area contributed by atoms with Gasteiger partial charge in [0.15, 0.2) is 0 Å². The van der Waals surface area contributed by atoms with E-state index >= 15 is 0 Å². The summed E-state index contributed by atoms with van der Waals surface area (Å²) in [4.78, 5) is 23.3. The van der Waals surface area contributed by atoms with Crippen molar-refractivity contribution >= 4 is 29.3 Å². The average molecular weight is 330 g/mol. The van der Waals surface area contributed by atoms with E-state index in [2.05, 4.69) is 5.32 Å². The third-order valence-electron chi connectivity index (χ3n) is 3.19. The van der Waals surface area contributed by atoms with Crippen LogP contribution in [-0.4, -0.2) is 22.2 Å². The number of hydrogen-bond acceptors (Lipinski definition) is 4. The number of anilines is 1. The largest absolute Gasteiger partial charge is 0.872 e. The van der Waals surface area contributed by atoms with Gasteiger partial charge in [-0.05, 0) is 18.6 Å². The van der Waals surface area contributed by atoms with E-state index in [4.69, 9.17) is 5.11 Å². The summed E-state index contributed by atoms with van der Waals surface area (Å²) >= 11 is 1.45. The Balaban J connectivity index is 2.00. The van der Waals surface area contributed by atoms with Crippen LogP contribution in [0.15, 0.2) is 48.5 Å². The van der Waals surface area contributed by atoms with Crippen molar-refractivity contribution in [2.75, 3.05) is 5.32 Å². The number of hydrogen-bond donors (Lipinski definition) is 2. The summed E-state index contributed by atoms with van der Waals surface area (Å²) in [6.07, 6.45) is 0. The summed E-state index contributed by atoms with van der Waals surface area (Å²) < 4.78 is 0. The van der Waals surface area contributed by atoms with Crippen LogP contribution in [0.1, 0.15) is 22.8 Å². The summed E-state index contributed by atoms with van der Waals surface area (Å²) in [6, 6.07) is 13.3. The highest BCUT2D eigenvalue weighted by molar-refractivity contribution is 7.99. The Morgan fingerprint density at radius 3 is 2.57 bits per heavy atom. The number of carboxylic acids is 1. The minimum Gasteiger partial charge on any atom is -0.872 e. The van der Waals surface area contributed by atoms with Crippen LogP contribution in [0.25, 0.3) is 0 Å². The smallest absolute Gasteiger partial charge is 0.337 e. The molecule has 0 saturated carbocycles. The molecule has 120 valence electrons. The Morgan fingerprint density at radius 1 is 1.22 bits per heavy atom. The lowest BCUT2D eigenvalue weighted by Crippen LogP contribution is -2.24. The molecule has 0 aliphatic carbocycles. The Bertz CT molecular complexity index is 703. The Morgan fingerprint density at radius 2 is 1.91 bits per heavy atom. The molecule has 0 radical (unpaired) electrons. The Labute approximate surface area is 138 Å². The molecular formula is C17H16NO4S-. The zero-order chi connectivity index (χ0) is 16.8. The quantitative estimate of drug-likeness (QED) is 0.850. The maximum Gasteiger partial charge on any atom is 0.337 e. The van der Waals surface area contributed by atoms with Crippen LogP contribution in [0.5, 0.6) is 5.75 Å². The summed E-state index contributed by atoms with van der Waals surface area (Å²) in [5, 5.41) is 22.6. The molecule has 5 nitrogen and oxygen atoms in total. The highest BCUT2D eigenvalue weighted by Crippen LogP contribution is 2.23. The van der Waals surface area contributed by atoms with Crippen LogP contribution < -0.4 is 10.4 Å². The van der Waals surface area contributed by atoms with E-state index in [-0.39, 0.29) is 22.4 Å². The topological polar surface area (TPSA) is 89.5 Å². The van der Waals surface area contributed by atoms with Crippen molar-refractivity contribution in [1.29, 1.82) is 0 Å². The monoisotopic (exact) mass is 330 g/mol. The van der Waals surface area contributed by atoms with Crippen molar-refractivity contribution in [3.05, 3.63) is 59.7 Å². The number of carboxylic acid groups (broad SMARTS) is 1. The SMILES string of the molecule is C[C@H](SCc1ccccc1)C(=O)Nc1ccc([O-])cc1C(=O)O. The van der Waals surface area contributed by atoms with Gasteiger partial charge in [-0.25, -0.2) is 4.79 Å². The predicted octanol–water partition coefficient (Wildman–Crippen LogP) is 2.72. The number of rotatable bonds is 6. The third-order valence-corrected chi connectivity index (χ3v) is 4.41. The summed E-state index contributed by atoms with van der Waals surface area (Å²) in [5.41, 5.74) is 1.04. The Hall–Kier alpha value is -2.47. The first-order valence-electron chi connectivity index (χ1n) is 6.98. The number of benzene rings is 2. The van der Waals surface area contributed by atoms with Gasteiger partial charge in [0.1, 0.15) is 0 Å². The first-order valence-corrected chi connectivity index (χ1v) is 8.03. The van der Waals surface area contributed by atoms with Crippen LogP contribution in [0.2, 0.25) is 0 Å². The molecule has 0 unspecified atom stereocenters. The van der Waals surface area contributed by atoms with E-state index in [1.54, 1.807) is 6.92 Å². The number of nitrogens with one attached hydrogen (secondary N) is 1. The fraction of sp³-hybridized carbons (Fsp3) is 0.176. The van der Waals surface area contributed by atoms with Gasteiger partial charge in [0.05, 0.1) is 16.5 Å². The van der Waals surface area contributed by atoms with E-state index in [1.165, 1.54) is 23.9 Å². The summed E-state index contributed by atoms with van der Waals surface area (Å²) in [5.74, 6) is -1.28. The van der Waals surface area contributed by atoms with Crippen molar-refractivity contribution in [3.63, 3.8) is 0 Å². The van der Waals surface area contributed by atoms with Gasteiger partial charge in [0.2, 0.25) is 5.91 Å². The van der Waals surface area contributed by atoms with Crippen molar-refractivity contribution in [1.82, 2.24) is 0 Å². The lowest BCUT2D eigenvalue weighted by Gasteiger charge is -2.15. The van der Waals surface area contributed by atoms with Crippen LogP contribution >= 0.6 is 11.8 Å². The zero-order valence-electron chi connectivity index (χ0n) is 12.5. The fourth-order valence-corrected chi connectivity index (χ4v) is 2.76. The third kappa shape index (κ3) is 4.75. The average Bonchev–Trinajstić information content (AvgIpc) is 2.55. The predicted molar refractivity (Wildman–Crippen MR) is 88.7 cm³/mol. The highest BCUT2D eigenvalue weighted by Gasteiger charge is 2.17. The van der Waals surface area contributed by atoms with E-state index in [9.17, 15) is 14.7 Å². The van der Waals surface area contributed by atoms with E-state index in [0.29, 0.717) is 5.75 Å². The second-order valence-electron chi connectivity index (χ2n) is 4.94. The van der Waals surface area contributed by atoms with Gasteiger partial charge >= 0.3 is 5.97 Å². The lowest BCUT2D eigenvalue weighted by atomic mass is 10.1. The molecule has 2 rings (SSSR count). The number of amides is 1. The lowest BCUT2D eigenvalue weighted by molar-refractivity contribution is -0.268. The normalized spacial score (nSPS) is 11.7. The van der Waals surface area contributed by atoms with Gasteiger partial charge in [0.25, 0.3) is 0 Å². The molecule has 0 fully saturated rings. The molecule has 0 aliphatic heterocycles. The van der Waals surface area contributed by atoms with Crippen molar-refractivity contribution < 1.29 is 19.8 Å². The standard InChI is InChI=1S/C17H17NO4S/c1-11(23-10-12-5-3-2-4-6-12)16(20)18-15-8-7-13(19)9-14(15)17(21)22/h2-9,11,19H,10H2,1H3,(H,18,20)(H,21,22)/p-1/t11-/m0/s1. The minimum atomic E-state index is -1.25. The second kappa shape index (κ2) is 7.69. The highest BCUT2D eigenvalue weighted by atomic mass is 32.2. The molecule has 2 aromatic carbocycles. The first-order chi connectivity index (χ1) is 11.0. The van der Waals surface area contributed by atoms with Crippen molar-refractivity contribution in [2.24, 2.45) is 0 Å². The zero-order valence-corrected chi connectivity index (χ0v) is 13.3. The van der Waals surface area contributed by atoms with Crippen LogP contribution in [0.4, 0.5) is 5.69 Å². The molecule has 23 heavy (non-hydrogen) atoms. The van der Waals surface area contributed by atoms with Crippen LogP contribution in [0, 0.1) is 0 Å². The summed E-state index contributed by atoms with van der Waals surface area (Å²) in [6.45, 7) is 1.76. The van der Waals surface area contributed by atoms with Gasteiger partial charge in [0, 0.05) is 5.75 Å². The minimum absolute atomic E-state index is 0.134. The molecule has 0 spiro atoms. The molecule has 0 aliphatic rings. The molecule has 0 heterocycles. The molecule has 0 aromatic heterocycles. The number of aromatic carboxylic acids is 1.